The number of aliphatic hydroxyl groups excluding tert-OH is 1. The number of benzene rings is 1. The molecule has 0 fully saturated rings. The van der Waals surface area contributed by atoms with E-state index in [1.807, 2.05) is 43.5 Å². The molecule has 3 heteroatoms. The molecule has 0 radical (unpaired) electrons. The zero-order valence-corrected chi connectivity index (χ0v) is 10.7. The monoisotopic (exact) mass is 242 g/mol. The molecule has 0 spiro atoms. The van der Waals surface area contributed by atoms with Gasteiger partial charge in [-0.1, -0.05) is 24.3 Å². The molecule has 1 aromatic carbocycles. The summed E-state index contributed by atoms with van der Waals surface area (Å²) in [6.45, 7) is 4.45. The van der Waals surface area contributed by atoms with Crippen molar-refractivity contribution < 1.29 is 5.11 Å². The Morgan fingerprint density at radius 2 is 2.00 bits per heavy atom. The number of hydrogen-bond donors (Lipinski definition) is 2. The largest absolute Gasteiger partial charge is 0.389 e. The van der Waals surface area contributed by atoms with E-state index in [4.69, 9.17) is 0 Å². The van der Waals surface area contributed by atoms with E-state index in [0.29, 0.717) is 6.54 Å². The van der Waals surface area contributed by atoms with Crippen molar-refractivity contribution in [3.8, 4) is 0 Å². The molecule has 0 saturated carbocycles. The molecular weight excluding hydrogens is 224 g/mol. The molecule has 2 N–H and O–H groups in total. The number of aryl methyl sites for hydroxylation is 1. The van der Waals surface area contributed by atoms with Crippen LogP contribution in [0.3, 0.4) is 0 Å². The van der Waals surface area contributed by atoms with Crippen molar-refractivity contribution in [3.05, 3.63) is 59.4 Å². The van der Waals surface area contributed by atoms with E-state index < -0.39 is 6.10 Å². The van der Waals surface area contributed by atoms with E-state index in [-0.39, 0.29) is 0 Å². The molecule has 1 aromatic heterocycles. The molecule has 94 valence electrons. The molecule has 0 aliphatic rings. The fraction of sp³-hybridized carbons (Fsp3) is 0.267. The molecule has 1 atom stereocenters. The van der Waals surface area contributed by atoms with Crippen molar-refractivity contribution in [2.75, 3.05) is 5.32 Å². The van der Waals surface area contributed by atoms with Crippen LogP contribution in [0.2, 0.25) is 0 Å². The lowest BCUT2D eigenvalue weighted by Gasteiger charge is -2.13. The maximum absolute atomic E-state index is 9.69. The number of aromatic nitrogens is 1. The second-order valence-corrected chi connectivity index (χ2v) is 4.42. The third-order valence-electron chi connectivity index (χ3n) is 2.87. The van der Waals surface area contributed by atoms with Crippen LogP contribution in [-0.4, -0.2) is 10.1 Å². The first-order chi connectivity index (χ1) is 8.66. The molecule has 0 saturated heterocycles. The van der Waals surface area contributed by atoms with Crippen LogP contribution < -0.4 is 5.32 Å². The van der Waals surface area contributed by atoms with E-state index in [1.54, 1.807) is 6.92 Å². The van der Waals surface area contributed by atoms with Gasteiger partial charge >= 0.3 is 0 Å². The number of anilines is 1. The molecule has 0 amide bonds. The summed E-state index contributed by atoms with van der Waals surface area (Å²) in [5.74, 6) is 0. The van der Waals surface area contributed by atoms with Crippen LogP contribution in [0.5, 0.6) is 0 Å². The highest BCUT2D eigenvalue weighted by atomic mass is 16.3. The van der Waals surface area contributed by atoms with Gasteiger partial charge in [-0.05, 0) is 31.5 Å². The van der Waals surface area contributed by atoms with E-state index >= 15 is 0 Å². The van der Waals surface area contributed by atoms with Crippen molar-refractivity contribution >= 4 is 5.69 Å². The van der Waals surface area contributed by atoms with Crippen molar-refractivity contribution in [1.82, 2.24) is 4.98 Å². The van der Waals surface area contributed by atoms with E-state index in [2.05, 4.69) is 16.4 Å². The van der Waals surface area contributed by atoms with Gasteiger partial charge in [-0.2, -0.15) is 0 Å². The molecule has 0 bridgehead atoms. The third-order valence-corrected chi connectivity index (χ3v) is 2.87. The Kier molecular flexibility index (Phi) is 3.95. The van der Waals surface area contributed by atoms with Crippen LogP contribution in [0, 0.1) is 6.92 Å². The predicted molar refractivity (Wildman–Crippen MR) is 73.4 cm³/mol. The summed E-state index contributed by atoms with van der Waals surface area (Å²) in [5, 5.41) is 13.0. The topological polar surface area (TPSA) is 45.1 Å². The van der Waals surface area contributed by atoms with Gasteiger partial charge in [-0.3, -0.25) is 4.98 Å². The lowest BCUT2D eigenvalue weighted by Crippen LogP contribution is -2.04. The Bertz CT molecular complexity index is 506. The van der Waals surface area contributed by atoms with Crippen LogP contribution in [0.25, 0.3) is 0 Å². The van der Waals surface area contributed by atoms with Gasteiger partial charge in [-0.25, -0.2) is 0 Å². The number of pyridine rings is 1. The van der Waals surface area contributed by atoms with Crippen LogP contribution in [-0.2, 0) is 6.54 Å². The van der Waals surface area contributed by atoms with Gasteiger partial charge in [-0.15, -0.1) is 0 Å². The second kappa shape index (κ2) is 5.65. The fourth-order valence-corrected chi connectivity index (χ4v) is 1.82. The van der Waals surface area contributed by atoms with Gasteiger partial charge in [0, 0.05) is 29.7 Å². The summed E-state index contributed by atoms with van der Waals surface area (Å²) in [7, 11) is 0. The van der Waals surface area contributed by atoms with Gasteiger partial charge in [0.25, 0.3) is 0 Å². The zero-order valence-electron chi connectivity index (χ0n) is 10.7. The molecule has 18 heavy (non-hydrogen) atoms. The van der Waals surface area contributed by atoms with E-state index in [1.165, 1.54) is 0 Å². The standard InChI is InChI=1S/C15H18N2O/c1-11-7-8-13(9-16-11)10-17-15-6-4-3-5-14(15)12(2)18/h3-9,12,17-18H,10H2,1-2H3. The minimum absolute atomic E-state index is 0.468. The number of nitrogens with zero attached hydrogens (tertiary/aromatic N) is 1. The van der Waals surface area contributed by atoms with Gasteiger partial charge in [0.1, 0.15) is 0 Å². The third kappa shape index (κ3) is 3.08. The van der Waals surface area contributed by atoms with E-state index in [9.17, 15) is 5.11 Å². The number of nitrogens with one attached hydrogen (secondary N) is 1. The van der Waals surface area contributed by atoms with Crippen molar-refractivity contribution in [2.45, 2.75) is 26.5 Å². The predicted octanol–water partition coefficient (Wildman–Crippen LogP) is 3.06. The zero-order chi connectivity index (χ0) is 13.0. The highest BCUT2D eigenvalue weighted by Gasteiger charge is 2.06. The highest BCUT2D eigenvalue weighted by molar-refractivity contribution is 5.52. The second-order valence-electron chi connectivity index (χ2n) is 4.42. The molecule has 1 unspecified atom stereocenters. The lowest BCUT2D eigenvalue weighted by atomic mass is 10.1. The Labute approximate surface area is 108 Å². The van der Waals surface area contributed by atoms with Crippen molar-refractivity contribution in [1.29, 1.82) is 0 Å². The minimum atomic E-state index is -0.468. The van der Waals surface area contributed by atoms with E-state index in [0.717, 1.165) is 22.5 Å². The summed E-state index contributed by atoms with van der Waals surface area (Å²) in [6.07, 6.45) is 1.40. The normalized spacial score (nSPS) is 12.2. The average Bonchev–Trinajstić information content (AvgIpc) is 2.38. The average molecular weight is 242 g/mol. The number of hydrogen-bond acceptors (Lipinski definition) is 3. The van der Waals surface area contributed by atoms with Crippen LogP contribution in [0.4, 0.5) is 5.69 Å². The number of rotatable bonds is 4. The van der Waals surface area contributed by atoms with Gasteiger partial charge < -0.3 is 10.4 Å². The summed E-state index contributed by atoms with van der Waals surface area (Å²) < 4.78 is 0. The van der Waals surface area contributed by atoms with Crippen LogP contribution >= 0.6 is 0 Å². The molecule has 0 aliphatic heterocycles. The quantitative estimate of drug-likeness (QED) is 0.866. The first-order valence-electron chi connectivity index (χ1n) is 6.09. The molecular formula is C15H18N2O. The summed E-state index contributed by atoms with van der Waals surface area (Å²) >= 11 is 0. The fourth-order valence-electron chi connectivity index (χ4n) is 1.82. The molecule has 0 aliphatic carbocycles. The Balaban J connectivity index is 2.08. The Morgan fingerprint density at radius 3 is 2.67 bits per heavy atom. The maximum atomic E-state index is 9.69. The molecule has 1 heterocycles. The summed E-state index contributed by atoms with van der Waals surface area (Å²) in [6, 6.07) is 11.9. The number of aliphatic hydroxyl groups is 1. The van der Waals surface area contributed by atoms with Gasteiger partial charge in [0.05, 0.1) is 6.10 Å². The lowest BCUT2D eigenvalue weighted by molar-refractivity contribution is 0.200. The SMILES string of the molecule is Cc1ccc(CNc2ccccc2C(C)O)cn1. The molecule has 3 nitrogen and oxygen atoms in total. The summed E-state index contributed by atoms with van der Waals surface area (Å²) in [4.78, 5) is 4.26. The Morgan fingerprint density at radius 1 is 1.22 bits per heavy atom. The summed E-state index contributed by atoms with van der Waals surface area (Å²) in [5.41, 5.74) is 4.02. The Hall–Kier alpha value is -1.87. The molecule has 2 aromatic rings. The van der Waals surface area contributed by atoms with Gasteiger partial charge in [0.15, 0.2) is 0 Å². The molecule has 2 rings (SSSR count). The van der Waals surface area contributed by atoms with Crippen LogP contribution in [0.1, 0.15) is 29.8 Å². The first kappa shape index (κ1) is 12.6. The number of para-hydroxylation sites is 1. The van der Waals surface area contributed by atoms with Crippen LogP contribution in [0.15, 0.2) is 42.6 Å². The highest BCUT2D eigenvalue weighted by Crippen LogP contribution is 2.22. The minimum Gasteiger partial charge on any atom is -0.389 e. The first-order valence-corrected chi connectivity index (χ1v) is 6.09. The smallest absolute Gasteiger partial charge is 0.0781 e. The van der Waals surface area contributed by atoms with Crippen molar-refractivity contribution in [3.63, 3.8) is 0 Å². The van der Waals surface area contributed by atoms with Gasteiger partial charge in [0.2, 0.25) is 0 Å². The van der Waals surface area contributed by atoms with Crippen molar-refractivity contribution in [2.24, 2.45) is 0 Å². The maximum Gasteiger partial charge on any atom is 0.0781 e.